The molecule has 4 heavy (non-hydrogen) atoms. The highest BCUT2D eigenvalue weighted by molar-refractivity contribution is 6.56. The van der Waals surface area contributed by atoms with Crippen molar-refractivity contribution in [2.45, 2.75) is 0 Å². The molecule has 0 spiro atoms. The predicted octanol–water partition coefficient (Wildman–Crippen LogP) is 1.14. The molecule has 1 nitrogen and oxygen atoms in total. The van der Waals surface area contributed by atoms with Crippen LogP contribution >= 0.6 is 11.6 Å². The van der Waals surface area contributed by atoms with Crippen LogP contribution in [0.3, 0.4) is 0 Å². The minimum atomic E-state index is 0.556. The Kier molecular flexibility index (Phi) is 2.81. The van der Waals surface area contributed by atoms with Crippen molar-refractivity contribution in [1.29, 1.82) is 0 Å². The Hall–Kier alpha value is -0.110. The number of rotatable bonds is 0. The van der Waals surface area contributed by atoms with Crippen LogP contribution in [0, 0.1) is 0 Å². The Morgan fingerprint density at radius 3 is 2.25 bits per heavy atom. The highest BCUT2D eigenvalue weighted by Crippen LogP contribution is 1.62. The molecule has 0 aromatic rings. The van der Waals surface area contributed by atoms with Gasteiger partial charge in [-0.05, 0) is 0 Å². The van der Waals surface area contributed by atoms with E-state index >= 15 is 0 Å². The lowest BCUT2D eigenvalue weighted by Crippen LogP contribution is -1.32. The molecule has 0 radical (unpaired) electrons. The monoisotopic (exact) mass is 81.0 g/mol. The molecular weight excluding hydrogens is 80.5 g/mol. The molecule has 0 aliphatic carbocycles. The number of nitrogens with zero attached hydrogens (tertiary/aromatic N) is 1. The second-order valence-electron chi connectivity index (χ2n) is 0.195. The van der Waals surface area contributed by atoms with Crippen molar-refractivity contribution in [1.82, 2.24) is 0 Å². The van der Waals surface area contributed by atoms with Gasteiger partial charge in [-0.25, -0.2) is 0 Å². The molecule has 0 bridgehead atoms. The Balaban J connectivity index is 2.55. The van der Waals surface area contributed by atoms with Gasteiger partial charge >= 0.3 is 0 Å². The molecule has 0 amide bonds. The summed E-state index contributed by atoms with van der Waals surface area (Å²) in [4.78, 5) is 0. The molecular formula is CHClFN. The smallest absolute Gasteiger partial charge is 0.0832 e. The SMILES string of the molecule is F/N=C/Cl. The Morgan fingerprint density at radius 2 is 2.25 bits per heavy atom. The lowest BCUT2D eigenvalue weighted by molar-refractivity contribution is 0.543. The zero-order valence-corrected chi connectivity index (χ0v) is 2.54. The molecule has 0 aromatic carbocycles. The maximum absolute atomic E-state index is 10.2. The molecule has 24 valence electrons. The average Bonchev–Trinajstić information content (AvgIpc) is 1.37. The number of hydrogen-bond donors (Lipinski definition) is 0. The second-order valence-corrected chi connectivity index (χ2v) is 0.390. The van der Waals surface area contributed by atoms with Crippen LogP contribution in [0.4, 0.5) is 4.48 Å². The summed E-state index contributed by atoms with van der Waals surface area (Å²) in [5.41, 5.74) is 0.556. The highest BCUT2D eigenvalue weighted by atomic mass is 35.5. The van der Waals surface area contributed by atoms with Crippen molar-refractivity contribution < 1.29 is 4.48 Å². The van der Waals surface area contributed by atoms with Gasteiger partial charge in [0.1, 0.15) is 5.67 Å². The topological polar surface area (TPSA) is 12.4 Å². The molecule has 0 atom stereocenters. The number of halogens is 2. The first kappa shape index (κ1) is 3.89. The van der Waals surface area contributed by atoms with Gasteiger partial charge in [0.15, 0.2) is 0 Å². The molecule has 0 saturated heterocycles. The molecule has 0 aliphatic heterocycles. The first-order valence-electron chi connectivity index (χ1n) is 0.645. The van der Waals surface area contributed by atoms with Crippen molar-refractivity contribution in [2.24, 2.45) is 5.21 Å². The van der Waals surface area contributed by atoms with Gasteiger partial charge in [0.05, 0.1) is 0 Å². The van der Waals surface area contributed by atoms with Gasteiger partial charge in [0.2, 0.25) is 0 Å². The third-order valence-electron chi connectivity index (χ3n) is 0.0369. The Bertz CT molecular complexity index is 23.2. The van der Waals surface area contributed by atoms with E-state index in [1.54, 1.807) is 0 Å². The molecule has 0 unspecified atom stereocenters. The van der Waals surface area contributed by atoms with Crippen molar-refractivity contribution in [3.8, 4) is 0 Å². The van der Waals surface area contributed by atoms with Crippen LogP contribution in [0.25, 0.3) is 0 Å². The van der Waals surface area contributed by atoms with Crippen molar-refractivity contribution in [2.75, 3.05) is 0 Å². The molecule has 0 rings (SSSR count). The van der Waals surface area contributed by atoms with Crippen LogP contribution in [-0.2, 0) is 0 Å². The van der Waals surface area contributed by atoms with E-state index in [0.717, 1.165) is 0 Å². The van der Waals surface area contributed by atoms with Crippen molar-refractivity contribution >= 4 is 17.3 Å². The molecule has 0 saturated carbocycles. The Labute approximate surface area is 28.0 Å². The van der Waals surface area contributed by atoms with Gasteiger partial charge in [0.25, 0.3) is 0 Å². The summed E-state index contributed by atoms with van der Waals surface area (Å²) in [6.45, 7) is 0. The molecule has 0 aliphatic rings. The minimum absolute atomic E-state index is 0.556. The number of hydrogen-bond acceptors (Lipinski definition) is 1. The summed E-state index contributed by atoms with van der Waals surface area (Å²) < 4.78 is 10.2. The van der Waals surface area contributed by atoms with Gasteiger partial charge < -0.3 is 0 Å². The predicted molar refractivity (Wildman–Crippen MR) is 15.5 cm³/mol. The van der Waals surface area contributed by atoms with E-state index in [-0.39, 0.29) is 0 Å². The first-order valence-corrected chi connectivity index (χ1v) is 1.08. The first-order chi connectivity index (χ1) is 1.91. The lowest BCUT2D eigenvalue weighted by Gasteiger charge is -1.43. The highest BCUT2D eigenvalue weighted by Gasteiger charge is 1.41. The van der Waals surface area contributed by atoms with E-state index in [4.69, 9.17) is 0 Å². The molecule has 0 fully saturated rings. The summed E-state index contributed by atoms with van der Waals surface area (Å²) in [6, 6.07) is 0. The standard InChI is InChI=1S/CHClFN/c2-1-4-3/h1H/b4-1+. The third kappa shape index (κ3) is 1.89. The molecule has 0 heterocycles. The van der Waals surface area contributed by atoms with Gasteiger partial charge in [-0.2, -0.15) is 0 Å². The maximum atomic E-state index is 10.2. The summed E-state index contributed by atoms with van der Waals surface area (Å²) in [5.74, 6) is 0. The molecule has 0 N–H and O–H groups in total. The summed E-state index contributed by atoms with van der Waals surface area (Å²) in [7, 11) is 0. The van der Waals surface area contributed by atoms with Crippen LogP contribution < -0.4 is 0 Å². The van der Waals surface area contributed by atoms with Gasteiger partial charge in [-0.3, -0.25) is 0 Å². The zero-order valence-electron chi connectivity index (χ0n) is 1.78. The van der Waals surface area contributed by atoms with Crippen LogP contribution in [0.15, 0.2) is 5.21 Å². The van der Waals surface area contributed by atoms with E-state index in [1.165, 1.54) is 0 Å². The molecule has 0 aromatic heterocycles. The summed E-state index contributed by atoms with van der Waals surface area (Å²) in [5, 5.41) is 1.88. The average molecular weight is 81.5 g/mol. The normalized spacial score (nSPS) is 9.50. The van der Waals surface area contributed by atoms with Crippen LogP contribution in [0.2, 0.25) is 0 Å². The maximum Gasteiger partial charge on any atom is 0.126 e. The lowest BCUT2D eigenvalue weighted by atomic mass is 11.7. The zero-order chi connectivity index (χ0) is 3.41. The van der Waals surface area contributed by atoms with E-state index in [0.29, 0.717) is 5.67 Å². The largest absolute Gasteiger partial charge is 0.126 e. The van der Waals surface area contributed by atoms with Crippen LogP contribution in [-0.4, -0.2) is 5.67 Å². The van der Waals surface area contributed by atoms with E-state index in [1.807, 2.05) is 5.21 Å². The van der Waals surface area contributed by atoms with Crippen LogP contribution in [0.1, 0.15) is 0 Å². The van der Waals surface area contributed by atoms with Crippen LogP contribution in [0.5, 0.6) is 0 Å². The van der Waals surface area contributed by atoms with E-state index < -0.39 is 0 Å². The summed E-state index contributed by atoms with van der Waals surface area (Å²) >= 11 is 4.52. The van der Waals surface area contributed by atoms with Crippen molar-refractivity contribution in [3.63, 3.8) is 0 Å². The van der Waals surface area contributed by atoms with Gasteiger partial charge in [-0.1, -0.05) is 21.3 Å². The Morgan fingerprint density at radius 1 is 2.00 bits per heavy atom. The molecule has 3 heteroatoms. The van der Waals surface area contributed by atoms with Gasteiger partial charge in [0, 0.05) is 0 Å². The second kappa shape index (κ2) is 2.89. The van der Waals surface area contributed by atoms with Crippen molar-refractivity contribution in [3.05, 3.63) is 0 Å². The third-order valence-corrected chi connectivity index (χ3v) is 0.111. The fourth-order valence-electron chi connectivity index (χ4n) is 0. The van der Waals surface area contributed by atoms with E-state index in [9.17, 15) is 4.48 Å². The van der Waals surface area contributed by atoms with E-state index in [2.05, 4.69) is 11.6 Å². The van der Waals surface area contributed by atoms with Gasteiger partial charge in [-0.15, -0.1) is 0 Å². The fraction of sp³-hybridized carbons (Fsp3) is 0. The fourth-order valence-corrected chi connectivity index (χ4v) is 0. The minimum Gasteiger partial charge on any atom is -0.0832 e. The summed E-state index contributed by atoms with van der Waals surface area (Å²) in [6.07, 6.45) is 0. The quantitative estimate of drug-likeness (QED) is 0.388.